The highest BCUT2D eigenvalue weighted by molar-refractivity contribution is 5.20. The number of hydrogen-bond acceptors (Lipinski definition) is 2. The van der Waals surface area contributed by atoms with Crippen molar-refractivity contribution in [2.45, 2.75) is 70.0 Å². The lowest BCUT2D eigenvalue weighted by Gasteiger charge is -2.53. The molecule has 2 nitrogen and oxygen atoms in total. The van der Waals surface area contributed by atoms with Crippen LogP contribution in [0.3, 0.4) is 0 Å². The second-order valence-electron chi connectivity index (χ2n) is 5.84. The molecule has 0 heterocycles. The predicted octanol–water partition coefficient (Wildman–Crippen LogP) is 2.79. The van der Waals surface area contributed by atoms with Gasteiger partial charge < -0.3 is 10.2 Å². The van der Waals surface area contributed by atoms with Crippen LogP contribution < -0.4 is 0 Å². The van der Waals surface area contributed by atoms with Gasteiger partial charge in [0.05, 0.1) is 11.2 Å². The van der Waals surface area contributed by atoms with Crippen LogP contribution in [0, 0.1) is 5.41 Å². The summed E-state index contributed by atoms with van der Waals surface area (Å²) in [7, 11) is 0. The van der Waals surface area contributed by atoms with Crippen molar-refractivity contribution in [3.8, 4) is 0 Å². The van der Waals surface area contributed by atoms with Gasteiger partial charge in [0.2, 0.25) is 0 Å². The van der Waals surface area contributed by atoms with Crippen molar-refractivity contribution in [2.75, 3.05) is 0 Å². The van der Waals surface area contributed by atoms with E-state index >= 15 is 0 Å². The molecule has 2 saturated carbocycles. The van der Waals surface area contributed by atoms with Crippen LogP contribution in [0.1, 0.15) is 58.8 Å². The lowest BCUT2D eigenvalue weighted by Crippen LogP contribution is -2.58. The maximum absolute atomic E-state index is 10.9. The number of rotatable bonds is 1. The average Bonchev–Trinajstić information content (AvgIpc) is 2.51. The fraction of sp³-hybridized carbons (Fsp3) is 0.857. The van der Waals surface area contributed by atoms with Gasteiger partial charge in [0.1, 0.15) is 0 Å². The highest BCUT2D eigenvalue weighted by Gasteiger charge is 2.61. The third kappa shape index (κ3) is 1.46. The molecule has 2 rings (SSSR count). The van der Waals surface area contributed by atoms with E-state index in [1.54, 1.807) is 0 Å². The molecule has 2 N–H and O–H groups in total. The van der Waals surface area contributed by atoms with E-state index in [1.807, 2.05) is 26.0 Å². The molecule has 0 bridgehead atoms. The molecule has 2 heteroatoms. The van der Waals surface area contributed by atoms with Crippen LogP contribution in [-0.4, -0.2) is 21.4 Å². The summed E-state index contributed by atoms with van der Waals surface area (Å²) in [5.41, 5.74) is -1.80. The Labute approximate surface area is 98.4 Å². The van der Waals surface area contributed by atoms with Crippen LogP contribution in [0.15, 0.2) is 12.2 Å². The second-order valence-corrected chi connectivity index (χ2v) is 5.84. The Morgan fingerprint density at radius 1 is 0.938 bits per heavy atom. The Morgan fingerprint density at radius 2 is 1.56 bits per heavy atom. The molecule has 0 saturated heterocycles. The lowest BCUT2D eigenvalue weighted by atomic mass is 9.57. The van der Waals surface area contributed by atoms with E-state index in [0.717, 1.165) is 44.9 Å². The molecular weight excluding hydrogens is 200 g/mol. The first-order valence-corrected chi connectivity index (χ1v) is 6.56. The molecular formula is C14H24O2. The van der Waals surface area contributed by atoms with Gasteiger partial charge in [-0.1, -0.05) is 25.0 Å². The van der Waals surface area contributed by atoms with E-state index in [9.17, 15) is 10.2 Å². The molecule has 0 aliphatic heterocycles. The summed E-state index contributed by atoms with van der Waals surface area (Å²) in [6, 6.07) is 0. The Kier molecular flexibility index (Phi) is 2.92. The largest absolute Gasteiger partial charge is 0.389 e. The Morgan fingerprint density at radius 3 is 2.19 bits per heavy atom. The molecule has 0 aromatic rings. The van der Waals surface area contributed by atoms with Gasteiger partial charge in [-0.15, -0.1) is 0 Å². The van der Waals surface area contributed by atoms with Crippen LogP contribution >= 0.6 is 0 Å². The average molecular weight is 224 g/mol. The van der Waals surface area contributed by atoms with Gasteiger partial charge >= 0.3 is 0 Å². The summed E-state index contributed by atoms with van der Waals surface area (Å²) in [5.74, 6) is 0. The predicted molar refractivity (Wildman–Crippen MR) is 65.1 cm³/mol. The fourth-order valence-corrected chi connectivity index (χ4v) is 4.12. The maximum Gasteiger partial charge on any atom is 0.0910 e. The molecule has 2 aliphatic rings. The van der Waals surface area contributed by atoms with Crippen molar-refractivity contribution in [2.24, 2.45) is 5.41 Å². The van der Waals surface area contributed by atoms with Crippen LogP contribution in [0.2, 0.25) is 0 Å². The van der Waals surface area contributed by atoms with E-state index in [1.165, 1.54) is 0 Å². The topological polar surface area (TPSA) is 40.5 Å². The zero-order valence-electron chi connectivity index (χ0n) is 10.5. The normalized spacial score (nSPS) is 49.2. The summed E-state index contributed by atoms with van der Waals surface area (Å²) >= 11 is 0. The minimum absolute atomic E-state index is 0.301. The zero-order valence-corrected chi connectivity index (χ0v) is 10.5. The molecule has 0 aromatic carbocycles. The van der Waals surface area contributed by atoms with E-state index in [2.05, 4.69) is 0 Å². The molecule has 0 amide bonds. The van der Waals surface area contributed by atoms with Gasteiger partial charge in [-0.05, 0) is 46.0 Å². The smallest absolute Gasteiger partial charge is 0.0910 e. The SMILES string of the molecule is C/C=C/[C@]1(O)CCC[C@@]12CCCC[C@]2(C)O. The summed E-state index contributed by atoms with van der Waals surface area (Å²) in [6.45, 7) is 3.87. The van der Waals surface area contributed by atoms with Gasteiger partial charge in [0.15, 0.2) is 0 Å². The van der Waals surface area contributed by atoms with Crippen LogP contribution in [0.5, 0.6) is 0 Å². The van der Waals surface area contributed by atoms with Gasteiger partial charge in [0, 0.05) is 5.41 Å². The Bertz CT molecular complexity index is 295. The van der Waals surface area contributed by atoms with Gasteiger partial charge in [-0.25, -0.2) is 0 Å². The van der Waals surface area contributed by atoms with Crippen molar-refractivity contribution in [3.63, 3.8) is 0 Å². The summed E-state index contributed by atoms with van der Waals surface area (Å²) in [4.78, 5) is 0. The quantitative estimate of drug-likeness (QED) is 0.672. The van der Waals surface area contributed by atoms with E-state index in [0.29, 0.717) is 0 Å². The third-order valence-corrected chi connectivity index (χ3v) is 4.98. The molecule has 16 heavy (non-hydrogen) atoms. The van der Waals surface area contributed by atoms with Crippen molar-refractivity contribution >= 4 is 0 Å². The number of hydrogen-bond donors (Lipinski definition) is 2. The van der Waals surface area contributed by atoms with E-state index in [-0.39, 0.29) is 5.41 Å². The maximum atomic E-state index is 10.9. The Balaban J connectivity index is 2.41. The number of aliphatic hydroxyl groups is 2. The van der Waals surface area contributed by atoms with E-state index < -0.39 is 11.2 Å². The monoisotopic (exact) mass is 224 g/mol. The van der Waals surface area contributed by atoms with Crippen LogP contribution in [0.4, 0.5) is 0 Å². The first kappa shape index (κ1) is 12.1. The molecule has 0 unspecified atom stereocenters. The minimum Gasteiger partial charge on any atom is -0.389 e. The van der Waals surface area contributed by atoms with Crippen LogP contribution in [-0.2, 0) is 0 Å². The van der Waals surface area contributed by atoms with Gasteiger partial charge in [0.25, 0.3) is 0 Å². The second kappa shape index (κ2) is 3.85. The Hall–Kier alpha value is -0.340. The minimum atomic E-state index is -0.786. The molecule has 92 valence electrons. The van der Waals surface area contributed by atoms with Crippen molar-refractivity contribution in [1.29, 1.82) is 0 Å². The third-order valence-electron chi connectivity index (χ3n) is 4.98. The lowest BCUT2D eigenvalue weighted by molar-refractivity contribution is -0.174. The van der Waals surface area contributed by atoms with Crippen molar-refractivity contribution in [3.05, 3.63) is 12.2 Å². The van der Waals surface area contributed by atoms with Gasteiger partial charge in [-0.3, -0.25) is 0 Å². The first-order chi connectivity index (χ1) is 7.47. The highest BCUT2D eigenvalue weighted by atomic mass is 16.3. The highest BCUT2D eigenvalue weighted by Crippen LogP contribution is 2.60. The standard InChI is InChI=1S/C14H24O2/c1-3-7-14(16)11-6-10-13(14)9-5-4-8-12(13,2)15/h3,7,15-16H,4-6,8-11H2,1-2H3/b7-3+/t12-,13+,14-/m0/s1. The van der Waals surface area contributed by atoms with Crippen LogP contribution in [0.25, 0.3) is 0 Å². The molecule has 0 aromatic heterocycles. The molecule has 0 radical (unpaired) electrons. The molecule has 1 spiro atoms. The zero-order chi connectivity index (χ0) is 11.9. The number of allylic oxidation sites excluding steroid dienone is 1. The molecule has 2 aliphatic carbocycles. The summed E-state index contributed by atoms with van der Waals surface area (Å²) in [5, 5.41) is 21.5. The summed E-state index contributed by atoms with van der Waals surface area (Å²) < 4.78 is 0. The van der Waals surface area contributed by atoms with Crippen molar-refractivity contribution < 1.29 is 10.2 Å². The fourth-order valence-electron chi connectivity index (χ4n) is 4.12. The van der Waals surface area contributed by atoms with Gasteiger partial charge in [-0.2, -0.15) is 0 Å². The first-order valence-electron chi connectivity index (χ1n) is 6.56. The molecule has 3 atom stereocenters. The van der Waals surface area contributed by atoms with E-state index in [4.69, 9.17) is 0 Å². The van der Waals surface area contributed by atoms with Crippen molar-refractivity contribution in [1.82, 2.24) is 0 Å². The molecule has 2 fully saturated rings. The summed E-state index contributed by atoms with van der Waals surface area (Å²) in [6.07, 6.45) is 10.6.